The predicted molar refractivity (Wildman–Crippen MR) is 115 cm³/mol. The summed E-state index contributed by atoms with van der Waals surface area (Å²) in [7, 11) is 0. The van der Waals surface area contributed by atoms with E-state index in [0.29, 0.717) is 23.2 Å². The molecule has 0 aliphatic heterocycles. The molecule has 1 aliphatic carbocycles. The van der Waals surface area contributed by atoms with Gasteiger partial charge in [0.1, 0.15) is 5.82 Å². The van der Waals surface area contributed by atoms with Crippen LogP contribution in [0.4, 0.5) is 4.39 Å². The summed E-state index contributed by atoms with van der Waals surface area (Å²) in [6.07, 6.45) is 6.65. The number of hydrogen-bond donors (Lipinski definition) is 1. The van der Waals surface area contributed by atoms with Gasteiger partial charge in [-0.15, -0.1) is 0 Å². The Hall–Kier alpha value is -3.74. The molecule has 7 heteroatoms. The predicted octanol–water partition coefficient (Wildman–Crippen LogP) is 3.72. The molecule has 2 aromatic heterocycles. The normalized spacial score (nSPS) is 13.5. The highest BCUT2D eigenvalue weighted by Gasteiger charge is 2.24. The van der Waals surface area contributed by atoms with Crippen LogP contribution < -0.4 is 10.0 Å². The van der Waals surface area contributed by atoms with Crippen LogP contribution in [0.2, 0.25) is 0 Å². The third-order valence-electron chi connectivity index (χ3n) is 5.68. The second-order valence-electron chi connectivity index (χ2n) is 8.02. The second kappa shape index (κ2) is 7.50. The van der Waals surface area contributed by atoms with Crippen molar-refractivity contribution < 1.29 is 13.9 Å². The molecule has 1 amide bonds. The van der Waals surface area contributed by atoms with Crippen molar-refractivity contribution in [2.45, 2.75) is 32.4 Å². The average molecular weight is 416 g/mol. The Balaban J connectivity index is 1.48. The Kier molecular flexibility index (Phi) is 4.66. The average Bonchev–Trinajstić information content (AvgIpc) is 3.49. The minimum absolute atomic E-state index is 0.214. The van der Waals surface area contributed by atoms with Crippen molar-refractivity contribution in [2.24, 2.45) is 0 Å². The van der Waals surface area contributed by atoms with Crippen molar-refractivity contribution in [1.82, 2.24) is 15.1 Å². The van der Waals surface area contributed by atoms with Crippen LogP contribution in [-0.2, 0) is 6.54 Å². The van der Waals surface area contributed by atoms with Crippen LogP contribution in [-0.4, -0.2) is 21.7 Å². The Morgan fingerprint density at radius 1 is 1.23 bits per heavy atom. The number of nitrogens with one attached hydrogen (secondary N) is 1. The van der Waals surface area contributed by atoms with Crippen LogP contribution >= 0.6 is 0 Å². The van der Waals surface area contributed by atoms with Gasteiger partial charge in [-0.3, -0.25) is 9.48 Å². The monoisotopic (exact) mass is 416 g/mol. The molecule has 0 spiro atoms. The maximum absolute atomic E-state index is 14.6. The smallest absolute Gasteiger partial charge is 0.251 e. The first kappa shape index (κ1) is 19.2. The molecule has 156 valence electrons. The number of benzene rings is 2. The summed E-state index contributed by atoms with van der Waals surface area (Å²) in [6, 6.07) is 12.6. The van der Waals surface area contributed by atoms with E-state index in [4.69, 9.17) is 0 Å². The molecule has 31 heavy (non-hydrogen) atoms. The molecule has 1 aliphatic rings. The van der Waals surface area contributed by atoms with Gasteiger partial charge in [0.2, 0.25) is 0 Å². The standard InChI is InChI=1S/C24H21FN4O2/c1-15-21(11-18(12-22(15)25)24(30)27-20-3-4-20)17-2-5-23-19(10-17)13-26-29(23)14-16-6-8-28(31)9-7-16/h2,5-13,20H,3-4,14H2,1H3,(H,27,30). The number of fused-ring (bicyclic) bond motifs is 1. The number of amides is 1. The van der Waals surface area contributed by atoms with Gasteiger partial charge in [0.05, 0.1) is 18.3 Å². The number of nitrogens with zero attached hydrogens (tertiary/aromatic N) is 3. The number of halogens is 1. The number of pyridine rings is 1. The van der Waals surface area contributed by atoms with Gasteiger partial charge in [-0.05, 0) is 66.3 Å². The van der Waals surface area contributed by atoms with Crippen LogP contribution in [0.25, 0.3) is 22.0 Å². The molecule has 2 aromatic carbocycles. The zero-order valence-electron chi connectivity index (χ0n) is 17.0. The highest BCUT2D eigenvalue weighted by molar-refractivity contribution is 5.96. The number of rotatable bonds is 5. The molecule has 0 saturated heterocycles. The van der Waals surface area contributed by atoms with Gasteiger partial charge in [0.25, 0.3) is 5.91 Å². The lowest BCUT2D eigenvalue weighted by Gasteiger charge is -2.11. The first-order valence-corrected chi connectivity index (χ1v) is 10.2. The van der Waals surface area contributed by atoms with E-state index in [9.17, 15) is 14.4 Å². The molecular formula is C24H21FN4O2. The van der Waals surface area contributed by atoms with Crippen molar-refractivity contribution in [1.29, 1.82) is 0 Å². The molecule has 1 N–H and O–H groups in total. The van der Waals surface area contributed by atoms with E-state index >= 15 is 0 Å². The fraction of sp³-hybridized carbons (Fsp3) is 0.208. The maximum Gasteiger partial charge on any atom is 0.251 e. The van der Waals surface area contributed by atoms with Gasteiger partial charge in [0, 0.05) is 29.1 Å². The number of carbonyl (C=O) groups is 1. The molecule has 1 saturated carbocycles. The van der Waals surface area contributed by atoms with E-state index in [1.165, 1.54) is 18.5 Å². The van der Waals surface area contributed by atoms with Crippen LogP contribution in [0, 0.1) is 17.9 Å². The molecular weight excluding hydrogens is 395 g/mol. The molecule has 1 fully saturated rings. The fourth-order valence-corrected chi connectivity index (χ4v) is 3.71. The Labute approximate surface area is 178 Å². The van der Waals surface area contributed by atoms with Crippen LogP contribution in [0.5, 0.6) is 0 Å². The molecule has 0 radical (unpaired) electrons. The molecule has 0 atom stereocenters. The van der Waals surface area contributed by atoms with Crippen molar-refractivity contribution in [3.8, 4) is 11.1 Å². The highest BCUT2D eigenvalue weighted by Crippen LogP contribution is 2.30. The first-order valence-electron chi connectivity index (χ1n) is 10.2. The van der Waals surface area contributed by atoms with Gasteiger partial charge in [-0.2, -0.15) is 9.83 Å². The summed E-state index contributed by atoms with van der Waals surface area (Å²) < 4.78 is 17.2. The zero-order valence-corrected chi connectivity index (χ0v) is 17.0. The van der Waals surface area contributed by atoms with Crippen molar-refractivity contribution in [3.63, 3.8) is 0 Å². The maximum atomic E-state index is 14.6. The van der Waals surface area contributed by atoms with Crippen LogP contribution in [0.1, 0.15) is 34.3 Å². The van der Waals surface area contributed by atoms with Gasteiger partial charge in [0.15, 0.2) is 12.4 Å². The minimum Gasteiger partial charge on any atom is -0.619 e. The highest BCUT2D eigenvalue weighted by atomic mass is 19.1. The Bertz CT molecular complexity index is 1290. The summed E-state index contributed by atoms with van der Waals surface area (Å²) in [5.41, 5.74) is 4.26. The van der Waals surface area contributed by atoms with Gasteiger partial charge in [-0.25, -0.2) is 4.39 Å². The molecule has 0 bridgehead atoms. The number of carbonyl (C=O) groups excluding carboxylic acids is 1. The number of hydrogen-bond acceptors (Lipinski definition) is 3. The van der Waals surface area contributed by atoms with E-state index in [1.807, 2.05) is 22.9 Å². The fourth-order valence-electron chi connectivity index (χ4n) is 3.71. The Morgan fingerprint density at radius 3 is 2.74 bits per heavy atom. The summed E-state index contributed by atoms with van der Waals surface area (Å²) in [6.45, 7) is 2.26. The van der Waals surface area contributed by atoms with Crippen molar-refractivity contribution >= 4 is 16.8 Å². The lowest BCUT2D eigenvalue weighted by atomic mass is 9.96. The lowest BCUT2D eigenvalue weighted by Crippen LogP contribution is -2.25. The Morgan fingerprint density at radius 2 is 2.00 bits per heavy atom. The molecule has 6 nitrogen and oxygen atoms in total. The number of aromatic nitrogens is 3. The molecule has 5 rings (SSSR count). The summed E-state index contributed by atoms with van der Waals surface area (Å²) in [5.74, 6) is -0.632. The van der Waals surface area contributed by atoms with E-state index in [0.717, 1.165) is 39.6 Å². The summed E-state index contributed by atoms with van der Waals surface area (Å²) in [5, 5.41) is 19.5. The third-order valence-corrected chi connectivity index (χ3v) is 5.68. The second-order valence-corrected chi connectivity index (χ2v) is 8.02. The van der Waals surface area contributed by atoms with E-state index in [2.05, 4.69) is 10.4 Å². The summed E-state index contributed by atoms with van der Waals surface area (Å²) in [4.78, 5) is 12.4. The zero-order chi connectivity index (χ0) is 21.5. The van der Waals surface area contributed by atoms with Crippen molar-refractivity contribution in [3.05, 3.63) is 88.8 Å². The quantitative estimate of drug-likeness (QED) is 0.398. The molecule has 2 heterocycles. The molecule has 0 unspecified atom stereocenters. The lowest BCUT2D eigenvalue weighted by molar-refractivity contribution is -0.605. The van der Waals surface area contributed by atoms with E-state index < -0.39 is 5.82 Å². The van der Waals surface area contributed by atoms with Gasteiger partial charge in [-0.1, -0.05) is 6.07 Å². The van der Waals surface area contributed by atoms with Gasteiger partial charge < -0.3 is 10.5 Å². The topological polar surface area (TPSA) is 73.9 Å². The molecule has 4 aromatic rings. The van der Waals surface area contributed by atoms with Crippen LogP contribution in [0.3, 0.4) is 0 Å². The third kappa shape index (κ3) is 3.86. The minimum atomic E-state index is -0.395. The largest absolute Gasteiger partial charge is 0.619 e. The van der Waals surface area contributed by atoms with Gasteiger partial charge >= 0.3 is 0 Å². The van der Waals surface area contributed by atoms with Crippen molar-refractivity contribution in [2.75, 3.05) is 0 Å². The van der Waals surface area contributed by atoms with E-state index in [-0.39, 0.29) is 11.9 Å². The first-order chi connectivity index (χ1) is 15.0. The summed E-state index contributed by atoms with van der Waals surface area (Å²) >= 11 is 0. The van der Waals surface area contributed by atoms with Crippen LogP contribution in [0.15, 0.2) is 61.1 Å². The van der Waals surface area contributed by atoms with E-state index in [1.54, 1.807) is 31.3 Å². The SMILES string of the molecule is Cc1c(F)cc(C(=O)NC2CC2)cc1-c1ccc2c(cnn2Cc2cc[n+]([O-])cc2)c1.